The Labute approximate surface area is 189 Å². The van der Waals surface area contributed by atoms with E-state index in [2.05, 4.69) is 6.08 Å². The van der Waals surface area contributed by atoms with E-state index >= 15 is 0 Å². The highest BCUT2D eigenvalue weighted by atomic mass is 16.6. The van der Waals surface area contributed by atoms with Crippen molar-refractivity contribution in [2.75, 3.05) is 79.3 Å². The lowest BCUT2D eigenvalue weighted by molar-refractivity contribution is 0.00964. The number of fused-ring (bicyclic) bond motifs is 2. The van der Waals surface area contributed by atoms with Crippen LogP contribution in [0.5, 0.6) is 11.5 Å². The van der Waals surface area contributed by atoms with E-state index in [-0.39, 0.29) is 0 Å². The molecule has 0 spiro atoms. The van der Waals surface area contributed by atoms with Gasteiger partial charge in [0.25, 0.3) is 5.76 Å². The molecular weight excluding hydrogens is 416 g/mol. The molecule has 3 rings (SSSR count). The van der Waals surface area contributed by atoms with Crippen LogP contribution in [0.2, 0.25) is 0 Å². The van der Waals surface area contributed by atoms with Crippen LogP contribution in [0.1, 0.15) is 0 Å². The molecule has 8 nitrogen and oxygen atoms in total. The zero-order valence-corrected chi connectivity index (χ0v) is 18.3. The van der Waals surface area contributed by atoms with Crippen LogP contribution in [-0.4, -0.2) is 79.3 Å². The number of hydrogen-bond acceptors (Lipinski definition) is 8. The van der Waals surface area contributed by atoms with E-state index in [1.54, 1.807) is 6.08 Å². The van der Waals surface area contributed by atoms with Gasteiger partial charge in [-0.2, -0.15) is 0 Å². The molecule has 1 aromatic rings. The Morgan fingerprint density at radius 3 is 1.56 bits per heavy atom. The third kappa shape index (κ3) is 9.26. The van der Waals surface area contributed by atoms with Crippen molar-refractivity contribution >= 4 is 0 Å². The Morgan fingerprint density at radius 1 is 0.531 bits per heavy atom. The zero-order valence-electron chi connectivity index (χ0n) is 18.3. The summed E-state index contributed by atoms with van der Waals surface area (Å²) in [5.74, 6) is 2.55. The monoisotopic (exact) mass is 447 g/mol. The number of ether oxygens (including phenoxy) is 8. The molecule has 0 saturated heterocycles. The van der Waals surface area contributed by atoms with Crippen LogP contribution < -0.4 is 9.47 Å². The van der Waals surface area contributed by atoms with E-state index in [0.717, 1.165) is 0 Å². The van der Waals surface area contributed by atoms with Crippen molar-refractivity contribution in [3.63, 3.8) is 0 Å². The Hall–Kier alpha value is -2.61. The average Bonchev–Trinajstić information content (AvgIpc) is 2.82. The third-order valence-electron chi connectivity index (χ3n) is 4.30. The van der Waals surface area contributed by atoms with Crippen LogP contribution in [0.15, 0.2) is 54.0 Å². The molecule has 0 fully saturated rings. The lowest BCUT2D eigenvalue weighted by Gasteiger charge is -2.13. The zero-order chi connectivity index (χ0) is 22.1. The van der Waals surface area contributed by atoms with Crippen LogP contribution in [0.25, 0.3) is 0 Å². The van der Waals surface area contributed by atoms with Gasteiger partial charge in [0, 0.05) is 0 Å². The first kappa shape index (κ1) is 24.0. The second-order valence-corrected chi connectivity index (χ2v) is 6.65. The van der Waals surface area contributed by atoms with Crippen molar-refractivity contribution in [3.05, 3.63) is 60.1 Å². The van der Waals surface area contributed by atoms with Crippen molar-refractivity contribution in [1.82, 2.24) is 0 Å². The highest BCUT2D eigenvalue weighted by Gasteiger charge is 2.20. The number of hydrogen-bond donors (Lipinski definition) is 0. The Morgan fingerprint density at radius 2 is 1.00 bits per heavy atom. The molecule has 1 aromatic carbocycles. The maximum Gasteiger partial charge on any atom is 0.333 e. The summed E-state index contributed by atoms with van der Waals surface area (Å²) in [7, 11) is 0. The lowest BCUT2D eigenvalue weighted by Crippen LogP contribution is -2.15. The summed E-state index contributed by atoms with van der Waals surface area (Å²) < 4.78 is 45.2. The fourth-order valence-corrected chi connectivity index (χ4v) is 2.80. The molecule has 0 amide bonds. The molecule has 0 atom stereocenters. The summed E-state index contributed by atoms with van der Waals surface area (Å²) in [5, 5.41) is 0. The molecule has 174 valence electrons. The molecule has 0 aromatic heterocycles. The van der Waals surface area contributed by atoms with Crippen molar-refractivity contribution in [1.29, 1.82) is 0 Å². The van der Waals surface area contributed by atoms with Gasteiger partial charge in [-0.25, -0.2) is 0 Å². The largest absolute Gasteiger partial charge is 0.487 e. The van der Waals surface area contributed by atoms with Gasteiger partial charge in [-0.05, 0) is 12.1 Å². The number of rotatable bonds is 0. The molecule has 8 heteroatoms. The second kappa shape index (κ2) is 15.2. The van der Waals surface area contributed by atoms with Gasteiger partial charge >= 0.3 is 5.76 Å². The number of allylic oxidation sites excluding steroid dienone is 4. The molecule has 0 N–H and O–H groups in total. The molecule has 1 aliphatic heterocycles. The van der Waals surface area contributed by atoms with Crippen molar-refractivity contribution in [2.24, 2.45) is 0 Å². The minimum absolute atomic E-state index is 0.393. The Balaban J connectivity index is 1.43. The maximum absolute atomic E-state index is 5.77. The summed E-state index contributed by atoms with van der Waals surface area (Å²) in [6, 6.07) is 7.55. The first-order valence-corrected chi connectivity index (χ1v) is 10.9. The minimum atomic E-state index is 0.393. The SMILES string of the molecule is [C+]1=C2OCCOCCOCCOc3ccccc3OCCOCCOCCOC2=CC=C1. The Kier molecular flexibility index (Phi) is 11.4. The first-order chi connectivity index (χ1) is 15.9. The van der Waals surface area contributed by atoms with Gasteiger partial charge < -0.3 is 37.9 Å². The number of benzene rings is 1. The molecule has 0 saturated carbocycles. The van der Waals surface area contributed by atoms with E-state index < -0.39 is 0 Å². The molecule has 0 bridgehead atoms. The fraction of sp³-hybridized carbons (Fsp3) is 0.500. The predicted octanol–water partition coefficient (Wildman–Crippen LogP) is 2.70. The van der Waals surface area contributed by atoms with Gasteiger partial charge in [0.2, 0.25) is 0 Å². The topological polar surface area (TPSA) is 73.8 Å². The third-order valence-corrected chi connectivity index (χ3v) is 4.30. The smallest absolute Gasteiger partial charge is 0.333 e. The van der Waals surface area contributed by atoms with Gasteiger partial charge in [0.1, 0.15) is 32.5 Å². The summed E-state index contributed by atoms with van der Waals surface area (Å²) >= 11 is 0. The molecular formula is C24H31O8+. The lowest BCUT2D eigenvalue weighted by atomic mass is 10.2. The van der Waals surface area contributed by atoms with E-state index in [0.29, 0.717) is 102 Å². The predicted molar refractivity (Wildman–Crippen MR) is 117 cm³/mol. The molecule has 32 heavy (non-hydrogen) atoms. The molecule has 0 radical (unpaired) electrons. The molecule has 0 unspecified atom stereocenters. The van der Waals surface area contributed by atoms with Gasteiger partial charge in [-0.15, -0.1) is 0 Å². The Bertz CT molecular complexity index is 682. The van der Waals surface area contributed by atoms with Crippen LogP contribution in [-0.2, 0) is 28.4 Å². The van der Waals surface area contributed by atoms with Gasteiger partial charge in [-0.1, -0.05) is 12.1 Å². The fourth-order valence-electron chi connectivity index (χ4n) is 2.80. The second-order valence-electron chi connectivity index (χ2n) is 6.65. The quantitative estimate of drug-likeness (QED) is 0.562. The summed E-state index contributed by atoms with van der Waals surface area (Å²) in [6.07, 6.45) is 8.52. The molecule has 1 aliphatic carbocycles. The first-order valence-electron chi connectivity index (χ1n) is 10.9. The summed E-state index contributed by atoms with van der Waals surface area (Å²) in [4.78, 5) is 0. The maximum atomic E-state index is 5.77. The summed E-state index contributed by atoms with van der Waals surface area (Å²) in [6.45, 7) is 5.34. The standard InChI is InChI=1S/C24H31O8/c1-2-6-22-21(5-1)29-17-13-25-9-10-27-15-19-31-23-7-3-4-8-24(23)32-20-16-28-12-11-26-14-18-30-22/h1-7H,9-20H2/q+1. The van der Waals surface area contributed by atoms with Gasteiger partial charge in [0.15, 0.2) is 11.5 Å². The highest BCUT2D eigenvalue weighted by Crippen LogP contribution is 2.26. The molecule has 2 aliphatic rings. The van der Waals surface area contributed by atoms with E-state index in [4.69, 9.17) is 37.9 Å². The van der Waals surface area contributed by atoms with Crippen LogP contribution in [0.3, 0.4) is 0 Å². The van der Waals surface area contributed by atoms with Crippen LogP contribution >= 0.6 is 0 Å². The van der Waals surface area contributed by atoms with Crippen LogP contribution in [0, 0.1) is 6.08 Å². The molecule has 1 heterocycles. The highest BCUT2D eigenvalue weighted by molar-refractivity contribution is 5.39. The normalized spacial score (nSPS) is 20.1. The van der Waals surface area contributed by atoms with Crippen molar-refractivity contribution in [2.45, 2.75) is 0 Å². The summed E-state index contributed by atoms with van der Waals surface area (Å²) in [5.41, 5.74) is 0. The van der Waals surface area contributed by atoms with E-state index in [9.17, 15) is 0 Å². The average molecular weight is 448 g/mol. The van der Waals surface area contributed by atoms with Gasteiger partial charge in [-0.3, -0.25) is 0 Å². The van der Waals surface area contributed by atoms with Gasteiger partial charge in [0.05, 0.1) is 71.1 Å². The van der Waals surface area contributed by atoms with Crippen molar-refractivity contribution in [3.8, 4) is 11.5 Å². The van der Waals surface area contributed by atoms with E-state index in [1.807, 2.05) is 36.4 Å². The minimum Gasteiger partial charge on any atom is -0.487 e. The van der Waals surface area contributed by atoms with E-state index in [1.165, 1.54) is 0 Å². The number of para-hydroxylation sites is 2. The van der Waals surface area contributed by atoms with Crippen LogP contribution in [0.4, 0.5) is 0 Å². The van der Waals surface area contributed by atoms with Crippen molar-refractivity contribution < 1.29 is 37.9 Å².